The van der Waals surface area contributed by atoms with E-state index in [9.17, 15) is 4.39 Å². The Labute approximate surface area is 150 Å². The number of nitrogens with zero attached hydrogens (tertiary/aromatic N) is 3. The Morgan fingerprint density at radius 1 is 1.32 bits per heavy atom. The molecule has 0 saturated heterocycles. The number of aromatic amines is 1. The highest BCUT2D eigenvalue weighted by Gasteiger charge is 2.30. The molecule has 0 saturated carbocycles. The molecule has 0 fully saturated rings. The number of anilines is 1. The highest BCUT2D eigenvalue weighted by Crippen LogP contribution is 2.38. The zero-order valence-corrected chi connectivity index (χ0v) is 14.8. The van der Waals surface area contributed by atoms with Crippen LogP contribution in [-0.2, 0) is 6.42 Å². The van der Waals surface area contributed by atoms with Crippen molar-refractivity contribution in [1.29, 1.82) is 0 Å². The fraction of sp³-hybridized carbons (Fsp3) is 0.263. The van der Waals surface area contributed by atoms with E-state index in [1.54, 1.807) is 18.5 Å². The molecule has 1 unspecified atom stereocenters. The normalized spacial score (nSPS) is 16.8. The van der Waals surface area contributed by atoms with Crippen molar-refractivity contribution >= 4 is 28.5 Å². The van der Waals surface area contributed by atoms with Crippen molar-refractivity contribution in [2.45, 2.75) is 26.3 Å². The first kappa shape index (κ1) is 16.1. The van der Waals surface area contributed by atoms with Crippen LogP contribution in [0.3, 0.4) is 0 Å². The van der Waals surface area contributed by atoms with Gasteiger partial charge in [-0.25, -0.2) is 14.4 Å². The molecule has 1 atom stereocenters. The molecule has 6 heteroatoms. The molecule has 2 aromatic heterocycles. The van der Waals surface area contributed by atoms with Crippen LogP contribution < -0.4 is 4.90 Å². The van der Waals surface area contributed by atoms with Crippen molar-refractivity contribution in [3.05, 3.63) is 64.3 Å². The molecule has 128 valence electrons. The maximum Gasteiger partial charge on any atom is 0.226 e. The molecule has 1 aromatic carbocycles. The SMILES string of the molecule is CC(C)=CC1c2[nH]c3cc(F)c(Cl)cc3c2CCN1c1ncccn1. The molecular formula is C19H18ClFN4. The third kappa shape index (κ3) is 2.78. The fourth-order valence-corrected chi connectivity index (χ4v) is 3.63. The van der Waals surface area contributed by atoms with Crippen LogP contribution in [0.2, 0.25) is 5.02 Å². The Morgan fingerprint density at radius 3 is 2.80 bits per heavy atom. The minimum atomic E-state index is -0.408. The predicted molar refractivity (Wildman–Crippen MR) is 98.5 cm³/mol. The van der Waals surface area contributed by atoms with Crippen LogP contribution in [0.15, 0.2) is 42.2 Å². The summed E-state index contributed by atoms with van der Waals surface area (Å²) in [5, 5.41) is 1.14. The molecule has 1 aliphatic rings. The molecule has 0 radical (unpaired) electrons. The third-order valence-corrected chi connectivity index (χ3v) is 4.80. The van der Waals surface area contributed by atoms with Crippen molar-refractivity contribution < 1.29 is 4.39 Å². The molecule has 25 heavy (non-hydrogen) atoms. The Bertz CT molecular complexity index is 960. The van der Waals surface area contributed by atoms with Crippen LogP contribution in [0, 0.1) is 5.82 Å². The van der Waals surface area contributed by atoms with Crippen LogP contribution in [0.1, 0.15) is 31.1 Å². The maximum atomic E-state index is 13.9. The summed E-state index contributed by atoms with van der Waals surface area (Å²) in [5.41, 5.74) is 4.21. The first-order valence-corrected chi connectivity index (χ1v) is 8.60. The number of fused-ring (bicyclic) bond motifs is 3. The van der Waals surface area contributed by atoms with E-state index in [0.717, 1.165) is 29.6 Å². The second-order valence-corrected chi connectivity index (χ2v) is 6.92. The summed E-state index contributed by atoms with van der Waals surface area (Å²) in [6, 6.07) is 4.97. The van der Waals surface area contributed by atoms with Crippen molar-refractivity contribution in [2.24, 2.45) is 0 Å². The van der Waals surface area contributed by atoms with Gasteiger partial charge in [-0.1, -0.05) is 23.3 Å². The lowest BCUT2D eigenvalue weighted by Gasteiger charge is -2.34. The molecule has 4 rings (SSSR count). The number of nitrogens with one attached hydrogen (secondary N) is 1. The van der Waals surface area contributed by atoms with Gasteiger partial charge in [-0.3, -0.25) is 0 Å². The van der Waals surface area contributed by atoms with Gasteiger partial charge in [0.05, 0.1) is 11.1 Å². The van der Waals surface area contributed by atoms with Crippen LogP contribution >= 0.6 is 11.6 Å². The van der Waals surface area contributed by atoms with Gasteiger partial charge in [0.2, 0.25) is 5.95 Å². The molecule has 0 spiro atoms. The summed E-state index contributed by atoms with van der Waals surface area (Å²) in [6.45, 7) is 4.92. The number of hydrogen-bond donors (Lipinski definition) is 1. The highest BCUT2D eigenvalue weighted by molar-refractivity contribution is 6.31. The summed E-state index contributed by atoms with van der Waals surface area (Å²) in [6.07, 6.45) is 6.50. The Morgan fingerprint density at radius 2 is 2.08 bits per heavy atom. The first-order chi connectivity index (χ1) is 12.0. The molecule has 1 N–H and O–H groups in total. The number of aromatic nitrogens is 3. The number of benzene rings is 1. The smallest absolute Gasteiger partial charge is 0.226 e. The van der Waals surface area contributed by atoms with E-state index >= 15 is 0 Å². The maximum absolute atomic E-state index is 13.9. The second-order valence-electron chi connectivity index (χ2n) is 6.51. The second kappa shape index (κ2) is 6.15. The van der Waals surface area contributed by atoms with Gasteiger partial charge in [-0.05, 0) is 44.0 Å². The molecule has 0 aliphatic carbocycles. The number of H-pyrrole nitrogens is 1. The predicted octanol–water partition coefficient (Wildman–Crippen LogP) is 4.82. The van der Waals surface area contributed by atoms with Crippen LogP contribution in [0.25, 0.3) is 10.9 Å². The molecule has 4 nitrogen and oxygen atoms in total. The van der Waals surface area contributed by atoms with Crippen molar-refractivity contribution in [1.82, 2.24) is 15.0 Å². The standard InChI is InChI=1S/C19H18ClFN4/c1-11(2)8-17-18-12(4-7-25(17)19-22-5-3-6-23-19)13-9-14(20)15(21)10-16(13)24-18/h3,5-6,8-10,17,24H,4,7H2,1-2H3. The largest absolute Gasteiger partial charge is 0.356 e. The van der Waals surface area contributed by atoms with Gasteiger partial charge in [-0.15, -0.1) is 0 Å². The van der Waals surface area contributed by atoms with E-state index in [1.807, 2.05) is 6.07 Å². The molecule has 0 bridgehead atoms. The lowest BCUT2D eigenvalue weighted by atomic mass is 9.96. The van der Waals surface area contributed by atoms with Crippen LogP contribution in [0.4, 0.5) is 10.3 Å². The van der Waals surface area contributed by atoms with Crippen molar-refractivity contribution in [2.75, 3.05) is 11.4 Å². The molecule has 0 amide bonds. The summed E-state index contributed by atoms with van der Waals surface area (Å²) < 4.78 is 13.9. The summed E-state index contributed by atoms with van der Waals surface area (Å²) in [5.74, 6) is 0.285. The average Bonchev–Trinajstić information content (AvgIpc) is 2.94. The number of allylic oxidation sites excluding steroid dienone is 1. The number of hydrogen-bond acceptors (Lipinski definition) is 3. The van der Waals surface area contributed by atoms with Gasteiger partial charge in [-0.2, -0.15) is 0 Å². The van der Waals surface area contributed by atoms with E-state index in [1.165, 1.54) is 17.2 Å². The minimum Gasteiger partial charge on any atom is -0.356 e. The van der Waals surface area contributed by atoms with E-state index in [2.05, 4.69) is 39.8 Å². The molecule has 1 aliphatic heterocycles. The Kier molecular flexibility index (Phi) is 3.96. The topological polar surface area (TPSA) is 44.8 Å². The van der Waals surface area contributed by atoms with Gasteiger partial charge in [0, 0.05) is 35.5 Å². The minimum absolute atomic E-state index is 0.0228. The van der Waals surface area contributed by atoms with Crippen LogP contribution in [-0.4, -0.2) is 21.5 Å². The monoisotopic (exact) mass is 356 g/mol. The average molecular weight is 357 g/mol. The summed E-state index contributed by atoms with van der Waals surface area (Å²) in [4.78, 5) is 14.4. The highest BCUT2D eigenvalue weighted by atomic mass is 35.5. The molecular weight excluding hydrogens is 339 g/mol. The van der Waals surface area contributed by atoms with E-state index < -0.39 is 5.82 Å². The Hall–Kier alpha value is -2.40. The van der Waals surface area contributed by atoms with Gasteiger partial charge in [0.15, 0.2) is 0 Å². The van der Waals surface area contributed by atoms with E-state index in [0.29, 0.717) is 5.95 Å². The molecule has 3 aromatic rings. The van der Waals surface area contributed by atoms with Gasteiger partial charge in [0.25, 0.3) is 0 Å². The summed E-state index contributed by atoms with van der Waals surface area (Å²) >= 11 is 6.00. The van der Waals surface area contributed by atoms with Gasteiger partial charge >= 0.3 is 0 Å². The lowest BCUT2D eigenvalue weighted by molar-refractivity contribution is 0.629. The van der Waals surface area contributed by atoms with Crippen molar-refractivity contribution in [3.8, 4) is 0 Å². The summed E-state index contributed by atoms with van der Waals surface area (Å²) in [7, 11) is 0. The van der Waals surface area contributed by atoms with E-state index in [-0.39, 0.29) is 11.1 Å². The van der Waals surface area contributed by atoms with E-state index in [4.69, 9.17) is 11.6 Å². The zero-order valence-electron chi connectivity index (χ0n) is 14.1. The molecule has 3 heterocycles. The number of rotatable bonds is 2. The Balaban J connectivity index is 1.89. The third-order valence-electron chi connectivity index (χ3n) is 4.51. The van der Waals surface area contributed by atoms with Crippen LogP contribution in [0.5, 0.6) is 0 Å². The van der Waals surface area contributed by atoms with Crippen molar-refractivity contribution in [3.63, 3.8) is 0 Å². The quantitative estimate of drug-likeness (QED) is 0.669. The van der Waals surface area contributed by atoms with Gasteiger partial charge < -0.3 is 9.88 Å². The first-order valence-electron chi connectivity index (χ1n) is 8.23. The number of halogens is 2. The lowest BCUT2D eigenvalue weighted by Crippen LogP contribution is -2.35. The fourth-order valence-electron chi connectivity index (χ4n) is 3.47. The van der Waals surface area contributed by atoms with Gasteiger partial charge in [0.1, 0.15) is 5.82 Å². The zero-order chi connectivity index (χ0) is 17.6.